The fourth-order valence-electron chi connectivity index (χ4n) is 10.6. The minimum Gasteiger partial charge on any atom is -0.462 e. The summed E-state index contributed by atoms with van der Waals surface area (Å²) < 4.78 is 67.9. The molecule has 0 saturated carbocycles. The van der Waals surface area contributed by atoms with Crippen LogP contribution in [0.5, 0.6) is 0 Å². The zero-order valence-electron chi connectivity index (χ0n) is 57.6. The Bertz CT molecular complexity index is 1720. The van der Waals surface area contributed by atoms with Gasteiger partial charge in [0.05, 0.1) is 26.4 Å². The number of carbonyl (C=O) groups is 4. The summed E-state index contributed by atoms with van der Waals surface area (Å²) in [6.07, 6.45) is 50.5. The minimum absolute atomic E-state index is 0.104. The van der Waals surface area contributed by atoms with Crippen LogP contribution in [0.1, 0.15) is 362 Å². The molecule has 0 amide bonds. The third kappa shape index (κ3) is 63.2. The lowest BCUT2D eigenvalue weighted by atomic mass is 9.99. The summed E-state index contributed by atoms with van der Waals surface area (Å²) in [7, 11) is -9.88. The number of hydrogen-bond acceptors (Lipinski definition) is 15. The molecule has 0 aromatic carbocycles. The van der Waals surface area contributed by atoms with E-state index in [0.29, 0.717) is 25.7 Å². The number of carbonyl (C=O) groups excluding carboxylic acids is 4. The van der Waals surface area contributed by atoms with Gasteiger partial charge in [-0.15, -0.1) is 0 Å². The number of phosphoric ester groups is 2. The van der Waals surface area contributed by atoms with Crippen LogP contribution in [0, 0.1) is 5.92 Å². The van der Waals surface area contributed by atoms with E-state index in [1.165, 1.54) is 173 Å². The molecule has 0 rings (SSSR count). The monoisotopic (exact) mass is 1310 g/mol. The molecule has 0 bridgehead atoms. The molecule has 19 heteroatoms. The zero-order chi connectivity index (χ0) is 65.6. The molecule has 89 heavy (non-hydrogen) atoms. The maximum atomic E-state index is 13.0. The van der Waals surface area contributed by atoms with E-state index in [-0.39, 0.29) is 25.7 Å². The summed E-state index contributed by atoms with van der Waals surface area (Å²) in [5.41, 5.74) is 0. The van der Waals surface area contributed by atoms with Crippen LogP contribution in [0.2, 0.25) is 0 Å². The summed E-state index contributed by atoms with van der Waals surface area (Å²) in [6.45, 7) is 7.19. The molecule has 3 N–H and O–H groups in total. The van der Waals surface area contributed by atoms with Gasteiger partial charge in [0.25, 0.3) is 0 Å². The highest BCUT2D eigenvalue weighted by atomic mass is 31.2. The highest BCUT2D eigenvalue weighted by Crippen LogP contribution is 2.45. The standard InChI is InChI=1S/C70H136O17P2/c1-6-10-13-16-18-20-21-22-30-33-36-40-44-49-54-68(73)81-60-66(87-70(75)56-51-46-41-37-34-31-28-26-24-23-25-27-29-32-35-38-43-47-52-63(5)9-4)62-85-89(78,79)83-58-64(71)57-82-88(76,77)84-61-65(59-80-67(72)53-48-42-15-12-8-3)86-69(74)55-50-45-39-19-17-14-11-7-2/h63-66,71H,6-62H2,1-5H3,(H,76,77)(H,78,79)/t63?,64-,65+,66+/m0/s1. The number of hydrogen-bond donors (Lipinski definition) is 3. The van der Waals surface area contributed by atoms with Crippen LogP contribution in [0.3, 0.4) is 0 Å². The second-order valence-corrected chi connectivity index (χ2v) is 28.4. The summed E-state index contributed by atoms with van der Waals surface area (Å²) >= 11 is 0. The first-order chi connectivity index (χ1) is 43.1. The van der Waals surface area contributed by atoms with E-state index in [2.05, 4.69) is 34.6 Å². The fraction of sp³-hybridized carbons (Fsp3) is 0.943. The predicted molar refractivity (Wildman–Crippen MR) is 358 cm³/mol. The van der Waals surface area contributed by atoms with Gasteiger partial charge in [-0.05, 0) is 31.6 Å². The van der Waals surface area contributed by atoms with Gasteiger partial charge in [-0.2, -0.15) is 0 Å². The van der Waals surface area contributed by atoms with Crippen molar-refractivity contribution in [1.82, 2.24) is 0 Å². The molecule has 0 aliphatic carbocycles. The van der Waals surface area contributed by atoms with Crippen LogP contribution in [0.15, 0.2) is 0 Å². The number of esters is 4. The van der Waals surface area contributed by atoms with Crippen LogP contribution >= 0.6 is 15.6 Å². The second kappa shape index (κ2) is 63.5. The normalized spacial score (nSPS) is 14.4. The van der Waals surface area contributed by atoms with Gasteiger partial charge >= 0.3 is 39.5 Å². The first kappa shape index (κ1) is 87.1. The first-order valence-corrected chi connectivity index (χ1v) is 39.7. The molecule has 0 aromatic heterocycles. The lowest BCUT2D eigenvalue weighted by molar-refractivity contribution is -0.161. The van der Waals surface area contributed by atoms with Crippen LogP contribution in [0.4, 0.5) is 0 Å². The average molecular weight is 1310 g/mol. The van der Waals surface area contributed by atoms with Crippen molar-refractivity contribution in [2.75, 3.05) is 39.6 Å². The molecular weight excluding hydrogens is 1170 g/mol. The van der Waals surface area contributed by atoms with Gasteiger partial charge in [0.15, 0.2) is 12.2 Å². The van der Waals surface area contributed by atoms with Gasteiger partial charge in [-0.25, -0.2) is 9.13 Å². The molecular formula is C70H136O17P2. The molecule has 17 nitrogen and oxygen atoms in total. The Kier molecular flexibility index (Phi) is 62.1. The fourth-order valence-corrected chi connectivity index (χ4v) is 12.2. The minimum atomic E-state index is -4.95. The molecule has 528 valence electrons. The number of phosphoric acid groups is 2. The second-order valence-electron chi connectivity index (χ2n) is 25.5. The van der Waals surface area contributed by atoms with Crippen molar-refractivity contribution in [1.29, 1.82) is 0 Å². The first-order valence-electron chi connectivity index (χ1n) is 36.7. The van der Waals surface area contributed by atoms with E-state index in [0.717, 1.165) is 109 Å². The molecule has 0 fully saturated rings. The van der Waals surface area contributed by atoms with E-state index < -0.39 is 97.5 Å². The predicted octanol–water partition coefficient (Wildman–Crippen LogP) is 20.1. The van der Waals surface area contributed by atoms with Crippen LogP contribution in [-0.4, -0.2) is 96.7 Å². The van der Waals surface area contributed by atoms with E-state index in [9.17, 15) is 43.2 Å². The summed E-state index contributed by atoms with van der Waals surface area (Å²) in [4.78, 5) is 72.1. The molecule has 0 aromatic rings. The van der Waals surface area contributed by atoms with Gasteiger partial charge in [0.2, 0.25) is 0 Å². The molecule has 0 saturated heterocycles. The third-order valence-corrected chi connectivity index (χ3v) is 18.5. The van der Waals surface area contributed by atoms with Crippen molar-refractivity contribution in [2.45, 2.75) is 380 Å². The lowest BCUT2D eigenvalue weighted by Gasteiger charge is -2.21. The summed E-state index contributed by atoms with van der Waals surface area (Å²) in [5.74, 6) is -1.27. The molecule has 3 unspecified atom stereocenters. The highest BCUT2D eigenvalue weighted by Gasteiger charge is 2.30. The SMILES string of the molecule is CCCCCCCCCCCCCCCCC(=O)OC[C@H](COP(=O)(O)OC[C@@H](O)COP(=O)(O)OC[C@@H](COC(=O)CCCCCCC)OC(=O)CCCCCCCCCC)OC(=O)CCCCCCCCCCCCCCCCCCCCC(C)CC. The van der Waals surface area contributed by atoms with Crippen molar-refractivity contribution >= 4 is 39.5 Å². The van der Waals surface area contributed by atoms with Gasteiger partial charge in [-0.1, -0.05) is 311 Å². The molecule has 0 heterocycles. The smallest absolute Gasteiger partial charge is 0.462 e. The molecule has 0 aliphatic heterocycles. The Morgan fingerprint density at radius 3 is 0.798 bits per heavy atom. The largest absolute Gasteiger partial charge is 0.472 e. The van der Waals surface area contributed by atoms with Gasteiger partial charge in [-0.3, -0.25) is 37.3 Å². The number of unbranched alkanes of at least 4 members (excludes halogenated alkanes) is 41. The van der Waals surface area contributed by atoms with Crippen LogP contribution in [0.25, 0.3) is 0 Å². The van der Waals surface area contributed by atoms with Gasteiger partial charge in [0, 0.05) is 25.7 Å². The number of rotatable bonds is 70. The van der Waals surface area contributed by atoms with Gasteiger partial charge < -0.3 is 33.8 Å². The van der Waals surface area contributed by atoms with Gasteiger partial charge in [0.1, 0.15) is 19.3 Å². The Morgan fingerprint density at radius 1 is 0.315 bits per heavy atom. The third-order valence-electron chi connectivity index (χ3n) is 16.6. The van der Waals surface area contributed by atoms with Crippen molar-refractivity contribution in [3.63, 3.8) is 0 Å². The lowest BCUT2D eigenvalue weighted by Crippen LogP contribution is -2.30. The maximum absolute atomic E-state index is 13.0. The van der Waals surface area contributed by atoms with E-state index in [1.54, 1.807) is 0 Å². The number of aliphatic hydroxyl groups is 1. The van der Waals surface area contributed by atoms with Crippen molar-refractivity contribution in [3.05, 3.63) is 0 Å². The van der Waals surface area contributed by atoms with E-state index in [4.69, 9.17) is 37.0 Å². The topological polar surface area (TPSA) is 237 Å². The zero-order valence-corrected chi connectivity index (χ0v) is 59.4. The van der Waals surface area contributed by atoms with Crippen molar-refractivity contribution in [3.8, 4) is 0 Å². The Hall–Kier alpha value is -1.94. The van der Waals surface area contributed by atoms with Crippen molar-refractivity contribution < 1.29 is 80.2 Å². The van der Waals surface area contributed by atoms with E-state index in [1.807, 2.05) is 0 Å². The number of aliphatic hydroxyl groups excluding tert-OH is 1. The molecule has 0 radical (unpaired) electrons. The van der Waals surface area contributed by atoms with Crippen molar-refractivity contribution in [2.24, 2.45) is 5.92 Å². The Balaban J connectivity index is 5.08. The Labute approximate surface area is 543 Å². The van der Waals surface area contributed by atoms with Crippen LogP contribution < -0.4 is 0 Å². The van der Waals surface area contributed by atoms with E-state index >= 15 is 0 Å². The summed E-state index contributed by atoms with van der Waals surface area (Å²) in [5, 5.41) is 10.5. The molecule has 6 atom stereocenters. The number of ether oxygens (including phenoxy) is 4. The average Bonchev–Trinajstić information content (AvgIpc) is 3.70. The quantitative estimate of drug-likeness (QED) is 0.0222. The molecule has 0 aliphatic rings. The maximum Gasteiger partial charge on any atom is 0.472 e. The highest BCUT2D eigenvalue weighted by molar-refractivity contribution is 7.47. The molecule has 0 spiro atoms. The van der Waals surface area contributed by atoms with Crippen LogP contribution in [-0.2, 0) is 65.4 Å². The summed E-state index contributed by atoms with van der Waals surface area (Å²) in [6, 6.07) is 0. The Morgan fingerprint density at radius 2 is 0.539 bits per heavy atom.